The predicted octanol–water partition coefficient (Wildman–Crippen LogP) is 3.31. The zero-order valence-electron chi connectivity index (χ0n) is 12.6. The van der Waals surface area contributed by atoms with Gasteiger partial charge >= 0.3 is 5.97 Å². The molecule has 1 aromatic rings. The number of aliphatic hydroxyl groups is 1. The van der Waals surface area contributed by atoms with Crippen LogP contribution >= 0.6 is 0 Å². The number of allylic oxidation sites excluding steroid dienone is 1. The van der Waals surface area contributed by atoms with Crippen LogP contribution in [0.5, 0.6) is 0 Å². The molecule has 0 saturated carbocycles. The number of fused-ring (bicyclic) bond motifs is 1. The van der Waals surface area contributed by atoms with Crippen molar-refractivity contribution in [3.63, 3.8) is 0 Å². The standard InChI is InChI=1S/C16H20O3.V/c1-8-9(2)11(4)14-12(10(8)3)6-7-13(17)15(14)16(18)19-5;/h17H,6-7H2,1-5H3;. The van der Waals surface area contributed by atoms with Crippen molar-refractivity contribution < 1.29 is 33.2 Å². The van der Waals surface area contributed by atoms with E-state index in [0.717, 1.165) is 17.5 Å². The monoisotopic (exact) mass is 311 g/mol. The predicted molar refractivity (Wildman–Crippen MR) is 75.3 cm³/mol. The van der Waals surface area contributed by atoms with Crippen molar-refractivity contribution in [2.75, 3.05) is 7.11 Å². The first kappa shape index (κ1) is 16.9. The summed E-state index contributed by atoms with van der Waals surface area (Å²) < 4.78 is 4.83. The van der Waals surface area contributed by atoms with Crippen molar-refractivity contribution in [2.24, 2.45) is 0 Å². The summed E-state index contributed by atoms with van der Waals surface area (Å²) in [5.41, 5.74) is 7.09. The van der Waals surface area contributed by atoms with E-state index in [-0.39, 0.29) is 24.3 Å². The maximum Gasteiger partial charge on any atom is 0.341 e. The van der Waals surface area contributed by atoms with Gasteiger partial charge in [0.2, 0.25) is 0 Å². The summed E-state index contributed by atoms with van der Waals surface area (Å²) in [7, 11) is 1.35. The number of hydrogen-bond donors (Lipinski definition) is 1. The van der Waals surface area contributed by atoms with E-state index in [0.29, 0.717) is 12.0 Å². The molecule has 0 unspecified atom stereocenters. The van der Waals surface area contributed by atoms with E-state index < -0.39 is 5.97 Å². The Hall–Kier alpha value is -1.19. The summed E-state index contributed by atoms with van der Waals surface area (Å²) >= 11 is 0. The number of carbonyl (C=O) groups excluding carboxylic acids is 1. The normalized spacial score (nSPS) is 13.7. The fourth-order valence-corrected chi connectivity index (χ4v) is 2.88. The molecule has 4 heteroatoms. The molecule has 2 rings (SSSR count). The van der Waals surface area contributed by atoms with E-state index in [9.17, 15) is 9.90 Å². The van der Waals surface area contributed by atoms with Gasteiger partial charge in [0.25, 0.3) is 0 Å². The second-order valence-corrected chi connectivity index (χ2v) is 5.17. The number of aliphatic hydroxyl groups excluding tert-OH is 1. The van der Waals surface area contributed by atoms with Gasteiger partial charge in [0.1, 0.15) is 11.3 Å². The molecule has 0 bridgehead atoms. The molecule has 1 radical (unpaired) electrons. The molecule has 20 heavy (non-hydrogen) atoms. The summed E-state index contributed by atoms with van der Waals surface area (Å²) in [6.45, 7) is 8.24. The van der Waals surface area contributed by atoms with E-state index in [1.54, 1.807) is 0 Å². The van der Waals surface area contributed by atoms with Crippen LogP contribution in [-0.4, -0.2) is 18.2 Å². The van der Waals surface area contributed by atoms with Gasteiger partial charge in [-0.05, 0) is 67.5 Å². The van der Waals surface area contributed by atoms with Gasteiger partial charge in [0, 0.05) is 25.0 Å². The molecule has 107 valence electrons. The molecule has 0 saturated heterocycles. The number of ether oxygens (including phenoxy) is 1. The fourth-order valence-electron chi connectivity index (χ4n) is 2.88. The number of rotatable bonds is 1. The number of methoxy groups -OCH3 is 1. The second kappa shape index (κ2) is 6.07. The SMILES string of the molecule is COC(=O)C1=C(O)CCc2c(C)c(C)c(C)c(C)c21.[V]. The third kappa shape index (κ3) is 2.41. The van der Waals surface area contributed by atoms with Crippen molar-refractivity contribution in [1.29, 1.82) is 0 Å². The maximum absolute atomic E-state index is 12.0. The van der Waals surface area contributed by atoms with Crippen molar-refractivity contribution in [3.8, 4) is 0 Å². The third-order valence-electron chi connectivity index (χ3n) is 4.36. The van der Waals surface area contributed by atoms with Crippen LogP contribution in [0.4, 0.5) is 0 Å². The van der Waals surface area contributed by atoms with Gasteiger partial charge in [0.05, 0.1) is 7.11 Å². The molecule has 1 aliphatic carbocycles. The Labute approximate surface area is 131 Å². The molecule has 0 atom stereocenters. The first-order valence-electron chi connectivity index (χ1n) is 6.50. The van der Waals surface area contributed by atoms with E-state index in [1.807, 2.05) is 6.92 Å². The minimum absolute atomic E-state index is 0. The molecule has 0 aliphatic heterocycles. The second-order valence-electron chi connectivity index (χ2n) is 5.17. The largest absolute Gasteiger partial charge is 0.511 e. The zero-order valence-corrected chi connectivity index (χ0v) is 14.0. The fraction of sp³-hybridized carbons (Fsp3) is 0.438. The average Bonchev–Trinajstić information content (AvgIpc) is 2.41. The first-order valence-corrected chi connectivity index (χ1v) is 6.50. The smallest absolute Gasteiger partial charge is 0.341 e. The van der Waals surface area contributed by atoms with Crippen molar-refractivity contribution in [3.05, 3.63) is 39.1 Å². The number of benzene rings is 1. The Bertz CT molecular complexity index is 600. The van der Waals surface area contributed by atoms with E-state index in [1.165, 1.54) is 29.4 Å². The minimum Gasteiger partial charge on any atom is -0.511 e. The zero-order chi connectivity index (χ0) is 14.3. The molecule has 1 aromatic carbocycles. The van der Waals surface area contributed by atoms with Gasteiger partial charge in [0.15, 0.2) is 0 Å². The average molecular weight is 311 g/mol. The molecule has 3 nitrogen and oxygen atoms in total. The molecule has 0 aromatic heterocycles. The van der Waals surface area contributed by atoms with Gasteiger partial charge < -0.3 is 9.84 Å². The summed E-state index contributed by atoms with van der Waals surface area (Å²) in [5.74, 6) is -0.311. The summed E-state index contributed by atoms with van der Waals surface area (Å²) in [6, 6.07) is 0. The third-order valence-corrected chi connectivity index (χ3v) is 4.36. The van der Waals surface area contributed by atoms with Crippen LogP contribution in [-0.2, 0) is 34.5 Å². The summed E-state index contributed by atoms with van der Waals surface area (Å²) in [4.78, 5) is 12.0. The van der Waals surface area contributed by atoms with Gasteiger partial charge in [-0.3, -0.25) is 0 Å². The molecule has 0 amide bonds. The van der Waals surface area contributed by atoms with Crippen LogP contribution < -0.4 is 0 Å². The van der Waals surface area contributed by atoms with Gasteiger partial charge in [-0.2, -0.15) is 0 Å². The van der Waals surface area contributed by atoms with E-state index >= 15 is 0 Å². The molecule has 1 N–H and O–H groups in total. The number of hydrogen-bond acceptors (Lipinski definition) is 3. The topological polar surface area (TPSA) is 46.5 Å². The molecular weight excluding hydrogens is 291 g/mol. The summed E-state index contributed by atoms with van der Waals surface area (Å²) in [6.07, 6.45) is 1.27. The van der Waals surface area contributed by atoms with Crippen molar-refractivity contribution in [1.82, 2.24) is 0 Å². The summed E-state index contributed by atoms with van der Waals surface area (Å²) in [5, 5.41) is 10.1. The Morgan fingerprint density at radius 3 is 2.10 bits per heavy atom. The van der Waals surface area contributed by atoms with Crippen LogP contribution in [0.25, 0.3) is 5.57 Å². The van der Waals surface area contributed by atoms with Crippen LogP contribution in [0.2, 0.25) is 0 Å². The van der Waals surface area contributed by atoms with E-state index in [2.05, 4.69) is 20.8 Å². The Morgan fingerprint density at radius 2 is 1.55 bits per heavy atom. The van der Waals surface area contributed by atoms with Crippen molar-refractivity contribution >= 4 is 11.5 Å². The van der Waals surface area contributed by atoms with Gasteiger partial charge in [-0.1, -0.05) is 0 Å². The Morgan fingerprint density at radius 1 is 1.00 bits per heavy atom. The van der Waals surface area contributed by atoms with E-state index in [4.69, 9.17) is 4.74 Å². The number of carbonyl (C=O) groups is 1. The van der Waals surface area contributed by atoms with Crippen LogP contribution in [0.1, 0.15) is 39.8 Å². The molecule has 0 spiro atoms. The Balaban J connectivity index is 0.00000200. The molecular formula is C16H20O3V. The maximum atomic E-state index is 12.0. The molecule has 1 aliphatic rings. The minimum atomic E-state index is -0.454. The van der Waals surface area contributed by atoms with Crippen molar-refractivity contribution in [2.45, 2.75) is 40.5 Å². The first-order chi connectivity index (χ1) is 8.90. The Kier molecular flexibility index (Phi) is 5.12. The quantitative estimate of drug-likeness (QED) is 0.810. The van der Waals surface area contributed by atoms with Crippen LogP contribution in [0, 0.1) is 27.7 Å². The van der Waals surface area contributed by atoms with Gasteiger partial charge in [-0.15, -0.1) is 0 Å². The molecule has 0 heterocycles. The number of esters is 1. The van der Waals surface area contributed by atoms with Crippen LogP contribution in [0.3, 0.4) is 0 Å². The van der Waals surface area contributed by atoms with Crippen LogP contribution in [0.15, 0.2) is 5.76 Å². The van der Waals surface area contributed by atoms with Gasteiger partial charge in [-0.25, -0.2) is 4.79 Å². The molecule has 0 fully saturated rings.